The predicted octanol–water partition coefficient (Wildman–Crippen LogP) is 2.41. The van der Waals surface area contributed by atoms with Gasteiger partial charge in [0.15, 0.2) is 11.5 Å². The minimum absolute atomic E-state index is 0.280. The zero-order valence-electron chi connectivity index (χ0n) is 12.2. The van der Waals surface area contributed by atoms with Crippen LogP contribution in [0.1, 0.15) is 15.9 Å². The van der Waals surface area contributed by atoms with Crippen LogP contribution >= 0.6 is 0 Å². The average Bonchev–Trinajstić information content (AvgIpc) is 2.55. The molecule has 0 aliphatic carbocycles. The van der Waals surface area contributed by atoms with Crippen LogP contribution in [0.15, 0.2) is 36.4 Å². The molecule has 3 N–H and O–H groups in total. The number of carbonyl (C=O) groups excluding carboxylic acids is 1. The van der Waals surface area contributed by atoms with Crippen molar-refractivity contribution < 1.29 is 14.3 Å². The highest BCUT2D eigenvalue weighted by atomic mass is 16.5. The monoisotopic (exact) mass is 297 g/mol. The van der Waals surface area contributed by atoms with Crippen LogP contribution in [0.2, 0.25) is 0 Å². The van der Waals surface area contributed by atoms with E-state index in [0.29, 0.717) is 22.7 Å². The smallest absolute Gasteiger partial charge is 0.257 e. The van der Waals surface area contributed by atoms with Crippen LogP contribution in [0, 0.1) is 11.3 Å². The van der Waals surface area contributed by atoms with Gasteiger partial charge in [-0.15, -0.1) is 0 Å². The normalized spacial score (nSPS) is 9.68. The summed E-state index contributed by atoms with van der Waals surface area (Å²) in [5.74, 6) is 0.500. The Morgan fingerprint density at radius 2 is 1.73 bits per heavy atom. The standard InChI is InChI=1S/C16H15N3O3/c1-21-14-7-12(13(18)8-15(14)22-2)16(20)19-11-5-3-10(9-17)4-6-11/h3-8H,18H2,1-2H3,(H,19,20). The van der Waals surface area contributed by atoms with Crippen molar-refractivity contribution in [3.63, 3.8) is 0 Å². The van der Waals surface area contributed by atoms with Crippen molar-refractivity contribution in [2.45, 2.75) is 0 Å². The van der Waals surface area contributed by atoms with E-state index in [0.717, 1.165) is 0 Å². The number of nitrogens with two attached hydrogens (primary N) is 1. The van der Waals surface area contributed by atoms with Gasteiger partial charge >= 0.3 is 0 Å². The Balaban J connectivity index is 2.27. The maximum atomic E-state index is 12.3. The lowest BCUT2D eigenvalue weighted by molar-refractivity contribution is 0.102. The summed E-state index contributed by atoms with van der Waals surface area (Å²) in [6.07, 6.45) is 0. The lowest BCUT2D eigenvalue weighted by Gasteiger charge is -2.12. The van der Waals surface area contributed by atoms with Gasteiger partial charge in [0.2, 0.25) is 0 Å². The highest BCUT2D eigenvalue weighted by Gasteiger charge is 2.15. The number of benzene rings is 2. The molecule has 22 heavy (non-hydrogen) atoms. The first kappa shape index (κ1) is 15.2. The van der Waals surface area contributed by atoms with E-state index in [4.69, 9.17) is 20.5 Å². The maximum absolute atomic E-state index is 12.3. The largest absolute Gasteiger partial charge is 0.493 e. The minimum Gasteiger partial charge on any atom is -0.493 e. The fourth-order valence-corrected chi connectivity index (χ4v) is 1.92. The molecule has 2 aromatic carbocycles. The number of nitrogen functional groups attached to an aromatic ring is 1. The molecule has 0 bridgehead atoms. The van der Waals surface area contributed by atoms with Crippen LogP contribution in [0.25, 0.3) is 0 Å². The summed E-state index contributed by atoms with van der Waals surface area (Å²) in [6, 6.07) is 11.6. The Hall–Kier alpha value is -3.20. The van der Waals surface area contributed by atoms with Crippen LogP contribution in [-0.2, 0) is 0 Å². The molecular weight excluding hydrogens is 282 g/mol. The molecule has 0 atom stereocenters. The van der Waals surface area contributed by atoms with E-state index in [1.54, 1.807) is 24.3 Å². The SMILES string of the molecule is COc1cc(N)c(C(=O)Nc2ccc(C#N)cc2)cc1OC. The molecule has 0 radical (unpaired) electrons. The zero-order chi connectivity index (χ0) is 16.1. The first-order chi connectivity index (χ1) is 10.6. The number of nitriles is 1. The molecule has 112 valence electrons. The Labute approximate surface area is 128 Å². The second kappa shape index (κ2) is 6.50. The summed E-state index contributed by atoms with van der Waals surface area (Å²) in [4.78, 5) is 12.3. The lowest BCUT2D eigenvalue weighted by Crippen LogP contribution is -2.14. The number of hydrogen-bond donors (Lipinski definition) is 2. The van der Waals surface area contributed by atoms with E-state index in [-0.39, 0.29) is 17.2 Å². The van der Waals surface area contributed by atoms with Gasteiger partial charge in [-0.3, -0.25) is 4.79 Å². The van der Waals surface area contributed by atoms with Crippen molar-refractivity contribution in [3.05, 3.63) is 47.5 Å². The Morgan fingerprint density at radius 3 is 2.27 bits per heavy atom. The number of nitrogens with zero attached hydrogens (tertiary/aromatic N) is 1. The first-order valence-corrected chi connectivity index (χ1v) is 6.42. The second-order valence-electron chi connectivity index (χ2n) is 4.44. The third-order valence-electron chi connectivity index (χ3n) is 3.07. The van der Waals surface area contributed by atoms with Gasteiger partial charge in [-0.2, -0.15) is 5.26 Å². The van der Waals surface area contributed by atoms with E-state index in [1.165, 1.54) is 26.4 Å². The number of ether oxygens (including phenoxy) is 2. The van der Waals surface area contributed by atoms with Crippen molar-refractivity contribution in [1.82, 2.24) is 0 Å². The van der Waals surface area contributed by atoms with Crippen LogP contribution in [-0.4, -0.2) is 20.1 Å². The van der Waals surface area contributed by atoms with Gasteiger partial charge in [-0.25, -0.2) is 0 Å². The molecule has 2 aromatic rings. The molecule has 6 heteroatoms. The molecule has 0 aliphatic rings. The van der Waals surface area contributed by atoms with Gasteiger partial charge in [-0.1, -0.05) is 0 Å². The summed E-state index contributed by atoms with van der Waals surface area (Å²) >= 11 is 0. The summed E-state index contributed by atoms with van der Waals surface area (Å²) in [5, 5.41) is 11.5. The molecule has 2 rings (SSSR count). The van der Waals surface area contributed by atoms with Crippen LogP contribution in [0.5, 0.6) is 11.5 Å². The van der Waals surface area contributed by atoms with E-state index in [1.807, 2.05) is 6.07 Å². The molecule has 0 saturated carbocycles. The highest BCUT2D eigenvalue weighted by Crippen LogP contribution is 2.32. The quantitative estimate of drug-likeness (QED) is 0.844. The molecule has 1 amide bonds. The third kappa shape index (κ3) is 3.10. The van der Waals surface area contributed by atoms with Crippen molar-refractivity contribution in [3.8, 4) is 17.6 Å². The topological polar surface area (TPSA) is 97.4 Å². The summed E-state index contributed by atoms with van der Waals surface area (Å²) in [5.41, 5.74) is 7.53. The number of methoxy groups -OCH3 is 2. The fourth-order valence-electron chi connectivity index (χ4n) is 1.92. The van der Waals surface area contributed by atoms with Gasteiger partial charge in [0.05, 0.1) is 31.4 Å². The minimum atomic E-state index is -0.372. The van der Waals surface area contributed by atoms with Crippen molar-refractivity contribution in [2.24, 2.45) is 0 Å². The number of carbonyl (C=O) groups is 1. The molecule has 0 fully saturated rings. The lowest BCUT2D eigenvalue weighted by atomic mass is 10.1. The van der Waals surface area contributed by atoms with Crippen LogP contribution in [0.3, 0.4) is 0 Å². The highest BCUT2D eigenvalue weighted by molar-refractivity contribution is 6.08. The Bertz CT molecular complexity index is 734. The van der Waals surface area contributed by atoms with Gasteiger partial charge in [0, 0.05) is 17.4 Å². The molecule has 0 heterocycles. The predicted molar refractivity (Wildman–Crippen MR) is 83.1 cm³/mol. The summed E-state index contributed by atoms with van der Waals surface area (Å²) in [7, 11) is 2.98. The second-order valence-corrected chi connectivity index (χ2v) is 4.44. The summed E-state index contributed by atoms with van der Waals surface area (Å²) < 4.78 is 10.3. The number of amides is 1. The van der Waals surface area contributed by atoms with Gasteiger partial charge in [0.1, 0.15) is 0 Å². The van der Waals surface area contributed by atoms with E-state index >= 15 is 0 Å². The summed E-state index contributed by atoms with van der Waals surface area (Å²) in [6.45, 7) is 0. The Kier molecular flexibility index (Phi) is 4.49. The zero-order valence-corrected chi connectivity index (χ0v) is 12.2. The molecule has 0 saturated heterocycles. The van der Waals surface area contributed by atoms with E-state index in [9.17, 15) is 4.79 Å². The number of rotatable bonds is 4. The number of nitrogens with one attached hydrogen (secondary N) is 1. The third-order valence-corrected chi connectivity index (χ3v) is 3.07. The van der Waals surface area contributed by atoms with E-state index < -0.39 is 0 Å². The van der Waals surface area contributed by atoms with Crippen LogP contribution in [0.4, 0.5) is 11.4 Å². The first-order valence-electron chi connectivity index (χ1n) is 6.42. The average molecular weight is 297 g/mol. The van der Waals surface area contributed by atoms with Crippen molar-refractivity contribution in [1.29, 1.82) is 5.26 Å². The molecule has 0 spiro atoms. The number of hydrogen-bond acceptors (Lipinski definition) is 5. The molecule has 0 unspecified atom stereocenters. The Morgan fingerprint density at radius 1 is 1.14 bits per heavy atom. The van der Waals surface area contributed by atoms with Crippen LogP contribution < -0.4 is 20.5 Å². The van der Waals surface area contributed by atoms with Gasteiger partial charge in [-0.05, 0) is 30.3 Å². The van der Waals surface area contributed by atoms with E-state index in [2.05, 4.69) is 5.32 Å². The van der Waals surface area contributed by atoms with Gasteiger partial charge < -0.3 is 20.5 Å². The maximum Gasteiger partial charge on any atom is 0.257 e. The van der Waals surface area contributed by atoms with Crippen molar-refractivity contribution in [2.75, 3.05) is 25.3 Å². The molecular formula is C16H15N3O3. The van der Waals surface area contributed by atoms with Crippen molar-refractivity contribution >= 4 is 17.3 Å². The number of anilines is 2. The molecule has 0 aromatic heterocycles. The van der Waals surface area contributed by atoms with Gasteiger partial charge in [0.25, 0.3) is 5.91 Å². The fraction of sp³-hybridized carbons (Fsp3) is 0.125. The molecule has 0 aliphatic heterocycles. The molecule has 6 nitrogen and oxygen atoms in total.